The Morgan fingerprint density at radius 3 is 2.05 bits per heavy atom. The molecule has 1 heterocycles. The van der Waals surface area contributed by atoms with E-state index >= 15 is 0 Å². The van der Waals surface area contributed by atoms with E-state index in [1.165, 1.54) is 38.5 Å². The Balaban J connectivity index is 1.79. The smallest absolute Gasteiger partial charge is 0.254 e. The van der Waals surface area contributed by atoms with Gasteiger partial charge in [0.25, 0.3) is 5.56 Å². The van der Waals surface area contributed by atoms with Gasteiger partial charge in [-0.1, -0.05) is 13.8 Å². The van der Waals surface area contributed by atoms with Gasteiger partial charge >= 0.3 is 0 Å². The third-order valence-corrected chi connectivity index (χ3v) is 6.26. The van der Waals surface area contributed by atoms with Crippen molar-refractivity contribution in [3.63, 3.8) is 0 Å². The average Bonchev–Trinajstić information content (AvgIpc) is 2.35. The predicted molar refractivity (Wildman–Crippen MR) is 83.5 cm³/mol. The van der Waals surface area contributed by atoms with E-state index in [0.29, 0.717) is 0 Å². The van der Waals surface area contributed by atoms with Crippen molar-refractivity contribution >= 4 is 0 Å². The van der Waals surface area contributed by atoms with Crippen LogP contribution in [-0.2, 0) is 5.41 Å². The number of H-pyrrole nitrogens is 1. The van der Waals surface area contributed by atoms with E-state index in [1.807, 2.05) is 6.92 Å². The molecular weight excluding hydrogens is 260 g/mol. The summed E-state index contributed by atoms with van der Waals surface area (Å²) in [6.07, 6.45) is 8.03. The van der Waals surface area contributed by atoms with Crippen LogP contribution in [0.4, 0.5) is 0 Å². The third-order valence-electron chi connectivity index (χ3n) is 6.26. The molecular formula is C18H26N2O. The summed E-state index contributed by atoms with van der Waals surface area (Å²) in [5, 5.41) is 0. The highest BCUT2D eigenvalue weighted by atomic mass is 16.1. The second kappa shape index (κ2) is 4.44. The number of hydrogen-bond donors (Lipinski definition) is 1. The summed E-state index contributed by atoms with van der Waals surface area (Å²) in [5.74, 6) is 3.89. The molecule has 0 aromatic carbocycles. The standard InChI is InChI=1S/C18H26N2O/c1-10(2)15-11(3)19-17(20-16(15)21)18-7-12-4-13(8-18)6-14(5-12)9-18/h10,12-14H,4-9H2,1-3H3,(H,19,20,21). The maximum Gasteiger partial charge on any atom is 0.254 e. The fourth-order valence-electron chi connectivity index (χ4n) is 5.93. The van der Waals surface area contributed by atoms with Gasteiger partial charge in [0.15, 0.2) is 0 Å². The van der Waals surface area contributed by atoms with Crippen LogP contribution in [-0.4, -0.2) is 9.97 Å². The van der Waals surface area contributed by atoms with Crippen LogP contribution in [0.1, 0.15) is 75.4 Å². The van der Waals surface area contributed by atoms with Gasteiger partial charge < -0.3 is 4.98 Å². The number of rotatable bonds is 2. The summed E-state index contributed by atoms with van der Waals surface area (Å²) in [5.41, 5.74) is 2.10. The van der Waals surface area contributed by atoms with Crippen molar-refractivity contribution in [3.8, 4) is 0 Å². The number of hydrogen-bond acceptors (Lipinski definition) is 2. The summed E-state index contributed by atoms with van der Waals surface area (Å²) in [6, 6.07) is 0. The van der Waals surface area contributed by atoms with E-state index in [-0.39, 0.29) is 16.9 Å². The first-order valence-electron chi connectivity index (χ1n) is 8.58. The van der Waals surface area contributed by atoms with Gasteiger partial charge in [-0.25, -0.2) is 4.98 Å². The molecule has 0 atom stereocenters. The Bertz CT molecular complexity index is 593. The largest absolute Gasteiger partial charge is 0.310 e. The highest BCUT2D eigenvalue weighted by Gasteiger charge is 2.53. The Morgan fingerprint density at radius 2 is 1.62 bits per heavy atom. The molecule has 5 rings (SSSR count). The zero-order valence-corrected chi connectivity index (χ0v) is 13.4. The minimum absolute atomic E-state index is 0.100. The average molecular weight is 286 g/mol. The number of nitrogens with one attached hydrogen (secondary N) is 1. The molecule has 4 saturated carbocycles. The summed E-state index contributed by atoms with van der Waals surface area (Å²) in [7, 11) is 0. The molecule has 1 aromatic heterocycles. The van der Waals surface area contributed by atoms with Crippen LogP contribution in [0.2, 0.25) is 0 Å². The lowest BCUT2D eigenvalue weighted by molar-refractivity contribution is -0.00961. The molecule has 1 N–H and O–H groups in total. The van der Waals surface area contributed by atoms with Crippen molar-refractivity contribution in [2.24, 2.45) is 17.8 Å². The SMILES string of the molecule is Cc1nc(C23CC4CC(CC(C4)C2)C3)[nH]c(=O)c1C(C)C. The lowest BCUT2D eigenvalue weighted by Crippen LogP contribution is -2.50. The van der Waals surface area contributed by atoms with Crippen molar-refractivity contribution in [2.75, 3.05) is 0 Å². The first kappa shape index (κ1) is 13.5. The topological polar surface area (TPSA) is 45.8 Å². The molecule has 1 aromatic rings. The second-order valence-corrected chi connectivity index (χ2v) is 8.27. The van der Waals surface area contributed by atoms with Crippen LogP contribution < -0.4 is 5.56 Å². The van der Waals surface area contributed by atoms with Crippen LogP contribution in [0, 0.1) is 24.7 Å². The molecule has 4 aliphatic carbocycles. The third kappa shape index (κ3) is 2.00. The minimum Gasteiger partial charge on any atom is -0.310 e. The highest BCUT2D eigenvalue weighted by molar-refractivity contribution is 5.25. The molecule has 0 aliphatic heterocycles. The van der Waals surface area contributed by atoms with E-state index in [1.54, 1.807) is 0 Å². The lowest BCUT2D eigenvalue weighted by Gasteiger charge is -2.56. The van der Waals surface area contributed by atoms with Crippen molar-refractivity contribution in [3.05, 3.63) is 27.4 Å². The van der Waals surface area contributed by atoms with E-state index in [9.17, 15) is 4.79 Å². The van der Waals surface area contributed by atoms with Crippen LogP contribution >= 0.6 is 0 Å². The van der Waals surface area contributed by atoms with Crippen LogP contribution in [0.25, 0.3) is 0 Å². The Morgan fingerprint density at radius 1 is 1.10 bits per heavy atom. The van der Waals surface area contributed by atoms with E-state index in [4.69, 9.17) is 4.98 Å². The van der Waals surface area contributed by atoms with Crippen LogP contribution in [0.3, 0.4) is 0 Å². The molecule has 0 amide bonds. The first-order chi connectivity index (χ1) is 9.97. The first-order valence-corrected chi connectivity index (χ1v) is 8.58. The maximum atomic E-state index is 12.5. The number of aromatic amines is 1. The fraction of sp³-hybridized carbons (Fsp3) is 0.778. The summed E-state index contributed by atoms with van der Waals surface area (Å²) < 4.78 is 0. The van der Waals surface area contributed by atoms with E-state index in [2.05, 4.69) is 18.8 Å². The van der Waals surface area contributed by atoms with Gasteiger partial charge in [0.2, 0.25) is 0 Å². The van der Waals surface area contributed by atoms with Crippen molar-refractivity contribution < 1.29 is 0 Å². The molecule has 4 fully saturated rings. The molecule has 0 radical (unpaired) electrons. The number of aryl methyl sites for hydroxylation is 1. The maximum absolute atomic E-state index is 12.5. The number of aromatic nitrogens is 2. The van der Waals surface area contributed by atoms with Crippen molar-refractivity contribution in [2.45, 2.75) is 70.6 Å². The fourth-order valence-corrected chi connectivity index (χ4v) is 5.93. The second-order valence-electron chi connectivity index (χ2n) is 8.27. The minimum atomic E-state index is 0.100. The van der Waals surface area contributed by atoms with Crippen molar-refractivity contribution in [1.82, 2.24) is 9.97 Å². The van der Waals surface area contributed by atoms with Crippen LogP contribution in [0.15, 0.2) is 4.79 Å². The number of nitrogens with zero attached hydrogens (tertiary/aromatic N) is 1. The highest BCUT2D eigenvalue weighted by Crippen LogP contribution is 2.60. The van der Waals surface area contributed by atoms with E-state index in [0.717, 1.165) is 34.8 Å². The van der Waals surface area contributed by atoms with Gasteiger partial charge in [0, 0.05) is 16.7 Å². The monoisotopic (exact) mass is 286 g/mol. The lowest BCUT2D eigenvalue weighted by atomic mass is 9.49. The Kier molecular flexibility index (Phi) is 2.86. The van der Waals surface area contributed by atoms with Gasteiger partial charge in [0.05, 0.1) is 0 Å². The molecule has 0 unspecified atom stereocenters. The molecule has 0 spiro atoms. The van der Waals surface area contributed by atoms with Gasteiger partial charge in [-0.05, 0) is 69.1 Å². The van der Waals surface area contributed by atoms with Gasteiger partial charge in [0.1, 0.15) is 5.82 Å². The Labute approximate surface area is 126 Å². The molecule has 0 saturated heterocycles. The van der Waals surface area contributed by atoms with E-state index < -0.39 is 0 Å². The molecule has 4 bridgehead atoms. The molecule has 21 heavy (non-hydrogen) atoms. The molecule has 4 aliphatic rings. The molecule has 3 heteroatoms. The summed E-state index contributed by atoms with van der Waals surface area (Å²) in [6.45, 7) is 6.15. The van der Waals surface area contributed by atoms with Crippen molar-refractivity contribution in [1.29, 1.82) is 0 Å². The normalized spacial score (nSPS) is 37.4. The molecule has 114 valence electrons. The zero-order chi connectivity index (χ0) is 14.8. The van der Waals surface area contributed by atoms with Gasteiger partial charge in [-0.15, -0.1) is 0 Å². The zero-order valence-electron chi connectivity index (χ0n) is 13.4. The van der Waals surface area contributed by atoms with Gasteiger partial charge in [-0.3, -0.25) is 4.79 Å². The quantitative estimate of drug-likeness (QED) is 0.901. The Hall–Kier alpha value is -1.12. The summed E-state index contributed by atoms with van der Waals surface area (Å²) in [4.78, 5) is 20.6. The van der Waals surface area contributed by atoms with Crippen LogP contribution in [0.5, 0.6) is 0 Å². The molecule has 3 nitrogen and oxygen atoms in total. The van der Waals surface area contributed by atoms with Gasteiger partial charge in [-0.2, -0.15) is 0 Å². The predicted octanol–water partition coefficient (Wildman–Crippen LogP) is 3.67. The summed E-state index contributed by atoms with van der Waals surface area (Å²) >= 11 is 0.